The van der Waals surface area contributed by atoms with Crippen molar-refractivity contribution in [1.29, 1.82) is 0 Å². The van der Waals surface area contributed by atoms with Gasteiger partial charge in [-0.3, -0.25) is 14.8 Å². The number of ether oxygens (including phenoxy) is 3. The van der Waals surface area contributed by atoms with E-state index in [0.29, 0.717) is 33.8 Å². The molecule has 1 aliphatic heterocycles. The number of aromatic nitrogens is 2. The molecule has 0 fully saturated rings. The third kappa shape index (κ3) is 3.25. The third-order valence-electron chi connectivity index (χ3n) is 3.70. The molecule has 0 aliphatic carbocycles. The van der Waals surface area contributed by atoms with Crippen LogP contribution in [0.5, 0.6) is 11.5 Å². The molecule has 0 unspecified atom stereocenters. The van der Waals surface area contributed by atoms with E-state index in [4.69, 9.17) is 14.2 Å². The molecule has 0 spiro atoms. The molecule has 8 heteroatoms. The highest BCUT2D eigenvalue weighted by atomic mass is 16.7. The maximum atomic E-state index is 12.1. The summed E-state index contributed by atoms with van der Waals surface area (Å²) in [4.78, 5) is 32.4. The number of hydrogen-bond donors (Lipinski definition) is 1. The molecule has 0 saturated carbocycles. The predicted molar refractivity (Wildman–Crippen MR) is 91.0 cm³/mol. The van der Waals surface area contributed by atoms with Crippen LogP contribution in [0.2, 0.25) is 0 Å². The van der Waals surface area contributed by atoms with Crippen LogP contribution < -0.4 is 14.8 Å². The number of anilines is 1. The molecule has 1 amide bonds. The summed E-state index contributed by atoms with van der Waals surface area (Å²) in [5.74, 6) is 0.0992. The minimum Gasteiger partial charge on any atom is -0.454 e. The molecule has 1 N–H and O–H groups in total. The van der Waals surface area contributed by atoms with E-state index in [-0.39, 0.29) is 6.79 Å². The van der Waals surface area contributed by atoms with Crippen LogP contribution in [0.4, 0.5) is 5.69 Å². The van der Waals surface area contributed by atoms with Gasteiger partial charge in [0.2, 0.25) is 6.79 Å². The molecule has 8 nitrogen and oxygen atoms in total. The number of nitrogens with one attached hydrogen (secondary N) is 1. The van der Waals surface area contributed by atoms with Crippen LogP contribution in [0.15, 0.2) is 48.8 Å². The second-order valence-corrected chi connectivity index (χ2v) is 5.45. The topological polar surface area (TPSA) is 99.6 Å². The molecule has 2 aromatic carbocycles. The Morgan fingerprint density at radius 2 is 1.81 bits per heavy atom. The zero-order valence-electron chi connectivity index (χ0n) is 13.5. The number of carbonyl (C=O) groups excluding carboxylic acids is 2. The Morgan fingerprint density at radius 1 is 1.00 bits per heavy atom. The highest BCUT2D eigenvalue weighted by Crippen LogP contribution is 2.34. The van der Waals surface area contributed by atoms with Crippen molar-refractivity contribution in [1.82, 2.24) is 9.97 Å². The average molecular weight is 351 g/mol. The Balaban J connectivity index is 1.36. The average Bonchev–Trinajstić information content (AvgIpc) is 3.13. The zero-order valence-corrected chi connectivity index (χ0v) is 13.5. The van der Waals surface area contributed by atoms with E-state index in [1.54, 1.807) is 42.6 Å². The summed E-state index contributed by atoms with van der Waals surface area (Å²) in [5.41, 5.74) is 2.07. The first-order chi connectivity index (χ1) is 12.7. The maximum absolute atomic E-state index is 12.1. The molecule has 130 valence electrons. The Kier molecular flexibility index (Phi) is 4.06. The summed E-state index contributed by atoms with van der Waals surface area (Å²) in [6.45, 7) is -0.258. The van der Waals surface area contributed by atoms with Crippen LogP contribution in [0.25, 0.3) is 11.0 Å². The van der Waals surface area contributed by atoms with E-state index in [0.717, 1.165) is 0 Å². The molecule has 0 atom stereocenters. The maximum Gasteiger partial charge on any atom is 0.338 e. The Labute approximate surface area is 147 Å². The largest absolute Gasteiger partial charge is 0.454 e. The molecule has 1 aliphatic rings. The highest BCUT2D eigenvalue weighted by molar-refractivity contribution is 5.97. The lowest BCUT2D eigenvalue weighted by Gasteiger charge is -2.07. The van der Waals surface area contributed by atoms with Gasteiger partial charge in [-0.1, -0.05) is 0 Å². The molecule has 0 radical (unpaired) electrons. The SMILES string of the molecule is O=C(COC(=O)c1ccc2nccnc2c1)Nc1ccc2c(c1)OCO2. The van der Waals surface area contributed by atoms with Crippen molar-refractivity contribution < 1.29 is 23.8 Å². The van der Waals surface area contributed by atoms with Crippen molar-refractivity contribution in [3.05, 3.63) is 54.4 Å². The quantitative estimate of drug-likeness (QED) is 0.719. The first kappa shape index (κ1) is 15.8. The van der Waals surface area contributed by atoms with Crippen molar-refractivity contribution in [2.45, 2.75) is 0 Å². The summed E-state index contributed by atoms with van der Waals surface area (Å²) < 4.78 is 15.5. The molecule has 1 aromatic heterocycles. The van der Waals surface area contributed by atoms with Crippen molar-refractivity contribution in [2.24, 2.45) is 0 Å². The van der Waals surface area contributed by atoms with E-state index in [1.807, 2.05) is 0 Å². The van der Waals surface area contributed by atoms with Gasteiger partial charge < -0.3 is 19.5 Å². The molecule has 3 aromatic rings. The molecule has 0 bridgehead atoms. The van der Waals surface area contributed by atoms with Gasteiger partial charge >= 0.3 is 5.97 Å². The fourth-order valence-corrected chi connectivity index (χ4v) is 2.48. The molecular weight excluding hydrogens is 338 g/mol. The van der Waals surface area contributed by atoms with Crippen LogP contribution in [0.3, 0.4) is 0 Å². The van der Waals surface area contributed by atoms with Crippen LogP contribution in [-0.4, -0.2) is 35.2 Å². The summed E-state index contributed by atoms with van der Waals surface area (Å²) in [6.07, 6.45) is 3.11. The van der Waals surface area contributed by atoms with Crippen molar-refractivity contribution in [3.63, 3.8) is 0 Å². The second-order valence-electron chi connectivity index (χ2n) is 5.45. The normalized spacial score (nSPS) is 12.0. The fourth-order valence-electron chi connectivity index (χ4n) is 2.48. The van der Waals surface area contributed by atoms with Crippen LogP contribution in [0.1, 0.15) is 10.4 Å². The Bertz CT molecular complexity index is 1010. The van der Waals surface area contributed by atoms with Crippen LogP contribution in [-0.2, 0) is 9.53 Å². The molecule has 4 rings (SSSR count). The van der Waals surface area contributed by atoms with E-state index in [1.165, 1.54) is 6.20 Å². The lowest BCUT2D eigenvalue weighted by atomic mass is 10.2. The minimum atomic E-state index is -0.613. The smallest absolute Gasteiger partial charge is 0.338 e. The van der Waals surface area contributed by atoms with Gasteiger partial charge in [-0.05, 0) is 30.3 Å². The fraction of sp³-hybridized carbons (Fsp3) is 0.111. The van der Waals surface area contributed by atoms with E-state index < -0.39 is 18.5 Å². The number of amides is 1. The number of esters is 1. The summed E-state index contributed by atoms with van der Waals surface area (Å²) in [5, 5.41) is 2.63. The number of hydrogen-bond acceptors (Lipinski definition) is 7. The van der Waals surface area contributed by atoms with Crippen molar-refractivity contribution >= 4 is 28.6 Å². The standard InChI is InChI=1S/C18H13N3O5/c22-17(21-12-2-4-15-16(8-12)26-10-25-15)9-24-18(23)11-1-3-13-14(7-11)20-6-5-19-13/h1-8H,9-10H2,(H,21,22). The molecular formula is C18H13N3O5. The second kappa shape index (κ2) is 6.67. The lowest BCUT2D eigenvalue weighted by molar-refractivity contribution is -0.119. The van der Waals surface area contributed by atoms with Gasteiger partial charge in [-0.15, -0.1) is 0 Å². The van der Waals surface area contributed by atoms with Gasteiger partial charge in [-0.25, -0.2) is 4.79 Å². The van der Waals surface area contributed by atoms with E-state index in [9.17, 15) is 9.59 Å². The summed E-state index contributed by atoms with van der Waals surface area (Å²) >= 11 is 0. The number of rotatable bonds is 4. The van der Waals surface area contributed by atoms with Crippen molar-refractivity contribution in [3.8, 4) is 11.5 Å². The van der Waals surface area contributed by atoms with Crippen molar-refractivity contribution in [2.75, 3.05) is 18.7 Å². The number of benzene rings is 2. The van der Waals surface area contributed by atoms with Crippen LogP contribution in [0, 0.1) is 0 Å². The van der Waals surface area contributed by atoms with E-state index >= 15 is 0 Å². The number of fused-ring (bicyclic) bond motifs is 2. The van der Waals surface area contributed by atoms with Crippen LogP contribution >= 0.6 is 0 Å². The molecule has 0 saturated heterocycles. The highest BCUT2D eigenvalue weighted by Gasteiger charge is 2.15. The summed E-state index contributed by atoms with van der Waals surface area (Å²) in [6, 6.07) is 9.83. The number of carbonyl (C=O) groups is 2. The minimum absolute atomic E-state index is 0.153. The molecule has 2 heterocycles. The first-order valence-electron chi connectivity index (χ1n) is 7.76. The molecule has 26 heavy (non-hydrogen) atoms. The Morgan fingerprint density at radius 3 is 2.69 bits per heavy atom. The van der Waals surface area contributed by atoms with E-state index in [2.05, 4.69) is 15.3 Å². The van der Waals surface area contributed by atoms with Gasteiger partial charge in [0.05, 0.1) is 16.6 Å². The van der Waals surface area contributed by atoms with Gasteiger partial charge in [0, 0.05) is 24.1 Å². The van der Waals surface area contributed by atoms with Gasteiger partial charge in [0.15, 0.2) is 18.1 Å². The van der Waals surface area contributed by atoms with Gasteiger partial charge in [0.1, 0.15) is 0 Å². The monoisotopic (exact) mass is 351 g/mol. The number of nitrogens with zero attached hydrogens (tertiary/aromatic N) is 2. The Hall–Kier alpha value is -3.68. The third-order valence-corrected chi connectivity index (χ3v) is 3.70. The van der Waals surface area contributed by atoms with Gasteiger partial charge in [-0.2, -0.15) is 0 Å². The lowest BCUT2D eigenvalue weighted by Crippen LogP contribution is -2.20. The first-order valence-corrected chi connectivity index (χ1v) is 7.76. The summed E-state index contributed by atoms with van der Waals surface area (Å²) in [7, 11) is 0. The van der Waals surface area contributed by atoms with Gasteiger partial charge in [0.25, 0.3) is 5.91 Å². The zero-order chi connectivity index (χ0) is 17.9. The predicted octanol–water partition coefficient (Wildman–Crippen LogP) is 2.15.